The smallest absolute Gasteiger partial charge is 0.162 e. The van der Waals surface area contributed by atoms with Crippen LogP contribution >= 0.6 is 0 Å². The van der Waals surface area contributed by atoms with Gasteiger partial charge in [-0.05, 0) is 19.3 Å². The Hall–Kier alpha value is -1.64. The second kappa shape index (κ2) is 8.45. The molecule has 0 saturated heterocycles. The van der Waals surface area contributed by atoms with Crippen LogP contribution in [0.4, 0.5) is 0 Å². The van der Waals surface area contributed by atoms with Crippen LogP contribution in [0, 0.1) is 0 Å². The molecule has 0 bridgehead atoms. The molecule has 0 N–H and O–H groups in total. The number of rotatable bonds is 9. The molecule has 0 spiro atoms. The molecule has 1 aromatic rings. The summed E-state index contributed by atoms with van der Waals surface area (Å²) >= 11 is 0. The molecule has 0 aliphatic rings. The number of hydrogen-bond donors (Lipinski definition) is 0. The molecule has 0 atom stereocenters. The van der Waals surface area contributed by atoms with E-state index in [0.717, 1.165) is 31.2 Å². The Bertz CT molecular complexity index is 371. The van der Waals surface area contributed by atoms with Crippen LogP contribution in [0.25, 0.3) is 0 Å². The lowest BCUT2D eigenvalue weighted by atomic mass is 10.0. The van der Waals surface area contributed by atoms with E-state index in [2.05, 4.69) is 0 Å². The van der Waals surface area contributed by atoms with Crippen molar-refractivity contribution < 1.29 is 14.7 Å². The fraction of sp³-hybridized carbons (Fsp3) is 0.467. The summed E-state index contributed by atoms with van der Waals surface area (Å²) in [5.41, 5.74) is 0.773. The summed E-state index contributed by atoms with van der Waals surface area (Å²) in [6, 6.07) is 9.30. The summed E-state index contributed by atoms with van der Waals surface area (Å²) in [4.78, 5) is 21.9. The predicted molar refractivity (Wildman–Crippen MR) is 68.1 cm³/mol. The predicted octanol–water partition coefficient (Wildman–Crippen LogP) is 2.35. The van der Waals surface area contributed by atoms with Gasteiger partial charge in [0.25, 0.3) is 0 Å². The highest BCUT2D eigenvalue weighted by Crippen LogP contribution is 2.10. The molecule has 0 fully saturated rings. The quantitative estimate of drug-likeness (QED) is 0.497. The third kappa shape index (κ3) is 6.18. The Morgan fingerprint density at radius 1 is 0.833 bits per heavy atom. The molecule has 0 amide bonds. The molecule has 1 aromatic carbocycles. The molecular formula is C15H19O3-. The van der Waals surface area contributed by atoms with Gasteiger partial charge in [0.2, 0.25) is 0 Å². The molecule has 3 nitrogen and oxygen atoms in total. The Morgan fingerprint density at radius 2 is 1.39 bits per heavy atom. The minimum absolute atomic E-state index is 0.142. The third-order valence-corrected chi connectivity index (χ3v) is 2.88. The molecule has 0 saturated carbocycles. The lowest BCUT2D eigenvalue weighted by molar-refractivity contribution is -0.305. The van der Waals surface area contributed by atoms with E-state index in [-0.39, 0.29) is 12.2 Å². The van der Waals surface area contributed by atoms with Gasteiger partial charge in [-0.25, -0.2) is 0 Å². The van der Waals surface area contributed by atoms with Crippen molar-refractivity contribution in [1.82, 2.24) is 0 Å². The molecule has 18 heavy (non-hydrogen) atoms. The highest BCUT2D eigenvalue weighted by Gasteiger charge is 2.03. The van der Waals surface area contributed by atoms with Crippen LogP contribution in [-0.2, 0) is 4.79 Å². The minimum atomic E-state index is -0.978. The monoisotopic (exact) mass is 247 g/mol. The van der Waals surface area contributed by atoms with Gasteiger partial charge in [0.05, 0.1) is 0 Å². The maximum Gasteiger partial charge on any atom is 0.162 e. The maximum atomic E-state index is 11.7. The molecule has 0 heterocycles. The number of carbonyl (C=O) groups is 2. The normalized spacial score (nSPS) is 10.2. The fourth-order valence-corrected chi connectivity index (χ4v) is 1.85. The first-order chi connectivity index (χ1) is 8.70. The first-order valence-corrected chi connectivity index (χ1v) is 6.48. The van der Waals surface area contributed by atoms with Gasteiger partial charge in [0.1, 0.15) is 0 Å². The molecule has 0 aromatic heterocycles. The van der Waals surface area contributed by atoms with Gasteiger partial charge < -0.3 is 9.90 Å². The van der Waals surface area contributed by atoms with Gasteiger partial charge in [-0.1, -0.05) is 49.6 Å². The van der Waals surface area contributed by atoms with Crippen molar-refractivity contribution in [2.24, 2.45) is 0 Å². The molecule has 0 radical (unpaired) electrons. The number of aliphatic carboxylic acids is 1. The highest BCUT2D eigenvalue weighted by molar-refractivity contribution is 5.95. The molecule has 98 valence electrons. The third-order valence-electron chi connectivity index (χ3n) is 2.88. The lowest BCUT2D eigenvalue weighted by Crippen LogP contribution is -2.21. The van der Waals surface area contributed by atoms with Crippen molar-refractivity contribution in [2.45, 2.75) is 44.9 Å². The number of unbranched alkanes of at least 4 members (excludes halogenated alkanes) is 4. The van der Waals surface area contributed by atoms with E-state index in [4.69, 9.17) is 0 Å². The number of hydrogen-bond acceptors (Lipinski definition) is 3. The minimum Gasteiger partial charge on any atom is -0.550 e. The van der Waals surface area contributed by atoms with Gasteiger partial charge in [-0.2, -0.15) is 0 Å². The molecule has 0 unspecified atom stereocenters. The van der Waals surface area contributed by atoms with Crippen LogP contribution in [0.5, 0.6) is 0 Å². The Kier molecular flexibility index (Phi) is 6.77. The van der Waals surface area contributed by atoms with E-state index in [9.17, 15) is 14.7 Å². The van der Waals surface area contributed by atoms with Gasteiger partial charge in [-0.15, -0.1) is 0 Å². The Morgan fingerprint density at radius 3 is 2.00 bits per heavy atom. The number of carbonyl (C=O) groups excluding carboxylic acids is 2. The Balaban J connectivity index is 2.05. The van der Waals surface area contributed by atoms with Crippen molar-refractivity contribution in [3.63, 3.8) is 0 Å². The van der Waals surface area contributed by atoms with Crippen LogP contribution in [0.15, 0.2) is 30.3 Å². The molecular weight excluding hydrogens is 228 g/mol. The molecule has 0 aliphatic carbocycles. The first kappa shape index (κ1) is 14.4. The van der Waals surface area contributed by atoms with Crippen LogP contribution < -0.4 is 5.11 Å². The van der Waals surface area contributed by atoms with E-state index in [1.54, 1.807) is 0 Å². The molecule has 0 aliphatic heterocycles. The Labute approximate surface area is 108 Å². The zero-order valence-corrected chi connectivity index (χ0v) is 10.6. The van der Waals surface area contributed by atoms with Crippen molar-refractivity contribution in [2.75, 3.05) is 0 Å². The lowest BCUT2D eigenvalue weighted by Gasteiger charge is -2.03. The van der Waals surface area contributed by atoms with Gasteiger partial charge in [0, 0.05) is 18.0 Å². The van der Waals surface area contributed by atoms with Crippen LogP contribution in [-0.4, -0.2) is 11.8 Å². The van der Waals surface area contributed by atoms with Gasteiger partial charge >= 0.3 is 0 Å². The number of benzene rings is 1. The second-order valence-corrected chi connectivity index (χ2v) is 4.43. The fourth-order valence-electron chi connectivity index (χ4n) is 1.85. The van der Waals surface area contributed by atoms with E-state index < -0.39 is 5.97 Å². The highest BCUT2D eigenvalue weighted by atomic mass is 16.4. The maximum absolute atomic E-state index is 11.7. The number of carboxylic acid groups (broad SMARTS) is 1. The van der Waals surface area contributed by atoms with E-state index in [1.807, 2.05) is 30.3 Å². The summed E-state index contributed by atoms with van der Waals surface area (Å²) in [6.07, 6.45) is 5.12. The van der Waals surface area contributed by atoms with E-state index >= 15 is 0 Å². The topological polar surface area (TPSA) is 57.2 Å². The van der Waals surface area contributed by atoms with Crippen molar-refractivity contribution in [1.29, 1.82) is 0 Å². The van der Waals surface area contributed by atoms with Crippen LogP contribution in [0.2, 0.25) is 0 Å². The van der Waals surface area contributed by atoms with E-state index in [0.29, 0.717) is 12.8 Å². The summed E-state index contributed by atoms with van der Waals surface area (Å²) in [6.45, 7) is 0. The van der Waals surface area contributed by atoms with Crippen molar-refractivity contribution in [3.8, 4) is 0 Å². The van der Waals surface area contributed by atoms with E-state index in [1.165, 1.54) is 0 Å². The molecule has 1 rings (SSSR count). The second-order valence-electron chi connectivity index (χ2n) is 4.43. The standard InChI is InChI=1S/C15H20O3/c16-14(13-9-5-4-6-10-13)11-7-2-1-3-8-12-15(17)18/h4-6,9-10H,1-3,7-8,11-12H2,(H,17,18)/p-1. The van der Waals surface area contributed by atoms with Crippen LogP contribution in [0.1, 0.15) is 55.3 Å². The zero-order chi connectivity index (χ0) is 13.2. The summed E-state index contributed by atoms with van der Waals surface area (Å²) < 4.78 is 0. The van der Waals surface area contributed by atoms with Crippen LogP contribution in [0.3, 0.4) is 0 Å². The largest absolute Gasteiger partial charge is 0.550 e. The van der Waals surface area contributed by atoms with Gasteiger partial charge in [-0.3, -0.25) is 4.79 Å². The van der Waals surface area contributed by atoms with Gasteiger partial charge in [0.15, 0.2) is 5.78 Å². The average Bonchev–Trinajstić information content (AvgIpc) is 2.38. The molecule has 3 heteroatoms. The van der Waals surface area contributed by atoms with Crippen molar-refractivity contribution >= 4 is 11.8 Å². The summed E-state index contributed by atoms with van der Waals surface area (Å²) in [5.74, 6) is -0.792. The average molecular weight is 247 g/mol. The van der Waals surface area contributed by atoms with Crippen molar-refractivity contribution in [3.05, 3.63) is 35.9 Å². The number of carboxylic acids is 1. The zero-order valence-electron chi connectivity index (χ0n) is 10.6. The summed E-state index contributed by atoms with van der Waals surface area (Å²) in [7, 11) is 0. The SMILES string of the molecule is O=C([O-])CCCCCCCC(=O)c1ccccc1. The first-order valence-electron chi connectivity index (χ1n) is 6.48. The summed E-state index contributed by atoms with van der Waals surface area (Å²) in [5, 5.41) is 10.2. The number of Topliss-reactive ketones (excluding diaryl/α,β-unsaturated/α-hetero) is 1. The number of ketones is 1.